The third-order valence-corrected chi connectivity index (χ3v) is 3.24. The third-order valence-electron chi connectivity index (χ3n) is 3.00. The van der Waals surface area contributed by atoms with E-state index in [0.717, 1.165) is 5.56 Å². The fourth-order valence-corrected chi connectivity index (χ4v) is 2.13. The van der Waals surface area contributed by atoms with E-state index < -0.39 is 6.04 Å². The van der Waals surface area contributed by atoms with Gasteiger partial charge in [0.2, 0.25) is 0 Å². The van der Waals surface area contributed by atoms with E-state index in [1.807, 2.05) is 36.4 Å². The molecule has 2 aromatic carbocycles. The van der Waals surface area contributed by atoms with E-state index in [9.17, 15) is 4.79 Å². The standard InChI is InChI=1S/C17H18ClNO3/c1-2-21-17(20)16(19)10-12-6-8-14(9-7-12)22-15-5-3-4-13(18)11-15/h3-9,11,16H,2,10,19H2,1H3. The molecule has 1 atom stereocenters. The summed E-state index contributed by atoms with van der Waals surface area (Å²) in [6, 6.07) is 13.9. The van der Waals surface area contributed by atoms with Crippen molar-refractivity contribution in [2.75, 3.05) is 6.61 Å². The highest BCUT2D eigenvalue weighted by atomic mass is 35.5. The molecule has 0 aliphatic carbocycles. The van der Waals surface area contributed by atoms with Crippen molar-refractivity contribution in [3.8, 4) is 11.5 Å². The van der Waals surface area contributed by atoms with Gasteiger partial charge < -0.3 is 15.2 Å². The van der Waals surface area contributed by atoms with Gasteiger partial charge >= 0.3 is 5.97 Å². The van der Waals surface area contributed by atoms with Crippen molar-refractivity contribution in [2.24, 2.45) is 5.73 Å². The van der Waals surface area contributed by atoms with Gasteiger partial charge in [0, 0.05) is 5.02 Å². The molecule has 1 unspecified atom stereocenters. The van der Waals surface area contributed by atoms with E-state index in [0.29, 0.717) is 29.5 Å². The first kappa shape index (κ1) is 16.3. The van der Waals surface area contributed by atoms with Crippen molar-refractivity contribution >= 4 is 17.6 Å². The molecule has 0 bridgehead atoms. The van der Waals surface area contributed by atoms with Crippen LogP contribution in [0.1, 0.15) is 12.5 Å². The van der Waals surface area contributed by atoms with Gasteiger partial charge in [0.05, 0.1) is 6.61 Å². The predicted molar refractivity (Wildman–Crippen MR) is 86.3 cm³/mol. The quantitative estimate of drug-likeness (QED) is 0.827. The van der Waals surface area contributed by atoms with Gasteiger partial charge in [-0.3, -0.25) is 4.79 Å². The number of halogens is 1. The zero-order chi connectivity index (χ0) is 15.9. The monoisotopic (exact) mass is 319 g/mol. The Morgan fingerprint density at radius 2 is 1.91 bits per heavy atom. The second kappa shape index (κ2) is 7.82. The molecule has 0 fully saturated rings. The van der Waals surface area contributed by atoms with E-state index in [1.165, 1.54) is 0 Å². The molecule has 0 spiro atoms. The summed E-state index contributed by atoms with van der Waals surface area (Å²) in [6.45, 7) is 2.09. The molecule has 2 aromatic rings. The maximum atomic E-state index is 11.5. The third kappa shape index (κ3) is 4.76. The lowest BCUT2D eigenvalue weighted by Crippen LogP contribution is -2.34. The summed E-state index contributed by atoms with van der Waals surface area (Å²) in [5.74, 6) is 0.973. The van der Waals surface area contributed by atoms with Crippen LogP contribution in [0.4, 0.5) is 0 Å². The molecular weight excluding hydrogens is 302 g/mol. The second-order valence-corrected chi connectivity index (χ2v) is 5.20. The maximum Gasteiger partial charge on any atom is 0.323 e. The molecule has 0 saturated carbocycles. The van der Waals surface area contributed by atoms with Gasteiger partial charge in [0.15, 0.2) is 0 Å². The Labute approximate surface area is 134 Å². The van der Waals surface area contributed by atoms with Crippen molar-refractivity contribution in [2.45, 2.75) is 19.4 Å². The largest absolute Gasteiger partial charge is 0.465 e. The van der Waals surface area contributed by atoms with Gasteiger partial charge in [-0.2, -0.15) is 0 Å². The molecule has 0 aliphatic heterocycles. The molecule has 2 N–H and O–H groups in total. The van der Waals surface area contributed by atoms with Crippen LogP contribution in [-0.4, -0.2) is 18.6 Å². The van der Waals surface area contributed by atoms with Gasteiger partial charge in [-0.25, -0.2) is 0 Å². The summed E-state index contributed by atoms with van der Waals surface area (Å²) in [7, 11) is 0. The SMILES string of the molecule is CCOC(=O)C(N)Cc1ccc(Oc2cccc(Cl)c2)cc1. The molecular formula is C17H18ClNO3. The van der Waals surface area contributed by atoms with Crippen LogP contribution in [0.3, 0.4) is 0 Å². The molecule has 2 rings (SSSR count). The summed E-state index contributed by atoms with van der Waals surface area (Å²) in [5.41, 5.74) is 6.74. The molecule has 0 aliphatic rings. The topological polar surface area (TPSA) is 61.5 Å². The fourth-order valence-electron chi connectivity index (χ4n) is 1.95. The summed E-state index contributed by atoms with van der Waals surface area (Å²) in [6.07, 6.45) is 0.427. The fraction of sp³-hybridized carbons (Fsp3) is 0.235. The van der Waals surface area contributed by atoms with Gasteiger partial charge in [-0.05, 0) is 49.2 Å². The highest BCUT2D eigenvalue weighted by molar-refractivity contribution is 6.30. The average Bonchev–Trinajstić information content (AvgIpc) is 2.49. The summed E-state index contributed by atoms with van der Waals surface area (Å²) >= 11 is 5.91. The molecule has 5 heteroatoms. The highest BCUT2D eigenvalue weighted by Crippen LogP contribution is 2.24. The first-order valence-corrected chi connectivity index (χ1v) is 7.41. The van der Waals surface area contributed by atoms with Crippen molar-refractivity contribution in [1.29, 1.82) is 0 Å². The molecule has 0 amide bonds. The number of hydrogen-bond acceptors (Lipinski definition) is 4. The molecule has 4 nitrogen and oxygen atoms in total. The number of hydrogen-bond donors (Lipinski definition) is 1. The van der Waals surface area contributed by atoms with Crippen LogP contribution in [-0.2, 0) is 16.0 Å². The Morgan fingerprint density at radius 1 is 1.18 bits per heavy atom. The Balaban J connectivity index is 1.97. The predicted octanol–water partition coefficient (Wildman–Crippen LogP) is 3.57. The minimum atomic E-state index is -0.653. The first-order valence-electron chi connectivity index (χ1n) is 7.03. The van der Waals surface area contributed by atoms with E-state index in [4.69, 9.17) is 26.8 Å². The smallest absolute Gasteiger partial charge is 0.323 e. The minimum Gasteiger partial charge on any atom is -0.465 e. The van der Waals surface area contributed by atoms with E-state index in [2.05, 4.69) is 0 Å². The molecule has 116 valence electrons. The zero-order valence-electron chi connectivity index (χ0n) is 12.3. The normalized spacial score (nSPS) is 11.8. The average molecular weight is 320 g/mol. The van der Waals surface area contributed by atoms with Crippen LogP contribution in [0, 0.1) is 0 Å². The molecule has 22 heavy (non-hydrogen) atoms. The van der Waals surface area contributed by atoms with Gasteiger partial charge in [-0.1, -0.05) is 29.8 Å². The Bertz CT molecular complexity index is 628. The molecule has 0 saturated heterocycles. The number of carbonyl (C=O) groups is 1. The Hall–Kier alpha value is -2.04. The number of benzene rings is 2. The van der Waals surface area contributed by atoms with Crippen LogP contribution < -0.4 is 10.5 Å². The Morgan fingerprint density at radius 3 is 2.55 bits per heavy atom. The highest BCUT2D eigenvalue weighted by Gasteiger charge is 2.14. The molecule has 0 aromatic heterocycles. The van der Waals surface area contributed by atoms with Crippen LogP contribution in [0.5, 0.6) is 11.5 Å². The number of rotatable bonds is 6. The van der Waals surface area contributed by atoms with Crippen LogP contribution >= 0.6 is 11.6 Å². The van der Waals surface area contributed by atoms with E-state index in [1.54, 1.807) is 19.1 Å². The van der Waals surface area contributed by atoms with E-state index in [-0.39, 0.29) is 5.97 Å². The number of esters is 1. The maximum absolute atomic E-state index is 11.5. The van der Waals surface area contributed by atoms with Gasteiger partial charge in [0.1, 0.15) is 17.5 Å². The van der Waals surface area contributed by atoms with Crippen molar-refractivity contribution in [3.63, 3.8) is 0 Å². The van der Waals surface area contributed by atoms with Gasteiger partial charge in [-0.15, -0.1) is 0 Å². The number of carbonyl (C=O) groups excluding carboxylic acids is 1. The van der Waals surface area contributed by atoms with Gasteiger partial charge in [0.25, 0.3) is 0 Å². The summed E-state index contributed by atoms with van der Waals surface area (Å²) in [4.78, 5) is 11.5. The lowest BCUT2D eigenvalue weighted by Gasteiger charge is -2.11. The molecule has 0 radical (unpaired) electrons. The number of nitrogens with two attached hydrogens (primary N) is 1. The summed E-state index contributed by atoms with van der Waals surface area (Å²) in [5, 5.41) is 0.620. The van der Waals surface area contributed by atoms with Crippen LogP contribution in [0.25, 0.3) is 0 Å². The van der Waals surface area contributed by atoms with Crippen LogP contribution in [0.2, 0.25) is 5.02 Å². The first-order chi connectivity index (χ1) is 10.6. The Kier molecular flexibility index (Phi) is 5.81. The molecule has 0 heterocycles. The zero-order valence-corrected chi connectivity index (χ0v) is 13.0. The van der Waals surface area contributed by atoms with Crippen LogP contribution in [0.15, 0.2) is 48.5 Å². The second-order valence-electron chi connectivity index (χ2n) is 4.77. The van der Waals surface area contributed by atoms with Crippen molar-refractivity contribution < 1.29 is 14.3 Å². The summed E-state index contributed by atoms with van der Waals surface area (Å²) < 4.78 is 10.6. The van der Waals surface area contributed by atoms with Crippen molar-refractivity contribution in [3.05, 3.63) is 59.1 Å². The minimum absolute atomic E-state index is 0.332. The lowest BCUT2D eigenvalue weighted by atomic mass is 10.1. The van der Waals surface area contributed by atoms with E-state index >= 15 is 0 Å². The lowest BCUT2D eigenvalue weighted by molar-refractivity contribution is -0.144. The number of ether oxygens (including phenoxy) is 2. The van der Waals surface area contributed by atoms with Crippen molar-refractivity contribution in [1.82, 2.24) is 0 Å².